The smallest absolute Gasteiger partial charge is 0.335 e. The summed E-state index contributed by atoms with van der Waals surface area (Å²) in [5.74, 6) is 0.772. The molecule has 0 aliphatic carbocycles. The van der Waals surface area contributed by atoms with E-state index >= 15 is 0 Å². The Bertz CT molecular complexity index is 2080. The molecule has 1 aromatic heterocycles. The van der Waals surface area contributed by atoms with Crippen molar-refractivity contribution in [1.82, 2.24) is 20.2 Å². The van der Waals surface area contributed by atoms with E-state index in [1.807, 2.05) is 73.6 Å². The molecular formula is C42H44N6O3S. The quantitative estimate of drug-likeness (QED) is 0.0894. The summed E-state index contributed by atoms with van der Waals surface area (Å²) in [6, 6.07) is 37.7. The van der Waals surface area contributed by atoms with Crippen molar-refractivity contribution in [2.45, 2.75) is 44.2 Å². The molecule has 266 valence electrons. The zero-order valence-electron chi connectivity index (χ0n) is 29.9. The molecule has 0 radical (unpaired) electrons. The van der Waals surface area contributed by atoms with Gasteiger partial charge in [-0.15, -0.1) is 5.10 Å². The molecule has 0 atom stereocenters. The first kappa shape index (κ1) is 37.4. The Hall–Kier alpha value is -5.87. The Balaban J connectivity index is 0.000000216. The predicted molar refractivity (Wildman–Crippen MR) is 211 cm³/mol. The topological polar surface area (TPSA) is 119 Å². The van der Waals surface area contributed by atoms with E-state index in [2.05, 4.69) is 90.1 Å². The highest BCUT2D eigenvalue weighted by atomic mass is 32.2. The fourth-order valence-electron chi connectivity index (χ4n) is 5.26. The van der Waals surface area contributed by atoms with Gasteiger partial charge in [0.05, 0.1) is 11.3 Å². The fourth-order valence-corrected chi connectivity index (χ4v) is 6.11. The van der Waals surface area contributed by atoms with E-state index in [1.54, 1.807) is 28.6 Å². The number of nitrogen functional groups attached to an aromatic ring is 1. The second-order valence-corrected chi connectivity index (χ2v) is 13.5. The lowest BCUT2D eigenvalue weighted by molar-refractivity contribution is 0.0696. The zero-order valence-corrected chi connectivity index (χ0v) is 30.8. The number of tetrazole rings is 1. The minimum absolute atomic E-state index is 0.325. The molecule has 0 unspecified atom stereocenters. The Morgan fingerprint density at radius 3 is 2.23 bits per heavy atom. The average Bonchev–Trinajstić information content (AvgIpc) is 3.62. The molecule has 0 amide bonds. The molecule has 0 spiro atoms. The van der Waals surface area contributed by atoms with Crippen molar-refractivity contribution in [3.05, 3.63) is 160 Å². The van der Waals surface area contributed by atoms with Gasteiger partial charge in [0.15, 0.2) is 0 Å². The number of aromatic carboxylic acids is 1. The summed E-state index contributed by atoms with van der Waals surface area (Å²) >= 11 is 1.60. The number of hydrogen-bond donors (Lipinski definition) is 2. The molecule has 0 saturated heterocycles. The van der Waals surface area contributed by atoms with Crippen molar-refractivity contribution in [2.75, 3.05) is 24.7 Å². The second-order valence-electron chi connectivity index (χ2n) is 12.6. The Morgan fingerprint density at radius 2 is 1.58 bits per heavy atom. The van der Waals surface area contributed by atoms with Crippen molar-refractivity contribution in [1.29, 1.82) is 0 Å². The van der Waals surface area contributed by atoms with Gasteiger partial charge in [-0.25, -0.2) is 4.79 Å². The van der Waals surface area contributed by atoms with Crippen LogP contribution in [0, 0.1) is 13.8 Å². The van der Waals surface area contributed by atoms with E-state index in [9.17, 15) is 9.90 Å². The van der Waals surface area contributed by atoms with Crippen LogP contribution in [-0.4, -0.2) is 45.4 Å². The lowest BCUT2D eigenvalue weighted by Gasteiger charge is -2.17. The lowest BCUT2D eigenvalue weighted by atomic mass is 10.0. The average molecular weight is 713 g/mol. The Morgan fingerprint density at radius 1 is 0.885 bits per heavy atom. The highest BCUT2D eigenvalue weighted by molar-refractivity contribution is 7.98. The number of aryl methyl sites for hydroxylation is 3. The van der Waals surface area contributed by atoms with Gasteiger partial charge >= 0.3 is 5.97 Å². The summed E-state index contributed by atoms with van der Waals surface area (Å²) in [5, 5.41) is 21.9. The molecular weight excluding hydrogens is 669 g/mol. The van der Waals surface area contributed by atoms with Crippen molar-refractivity contribution in [2.24, 2.45) is 0 Å². The second kappa shape index (κ2) is 18.4. The van der Waals surface area contributed by atoms with Crippen molar-refractivity contribution >= 4 is 35.2 Å². The number of allylic oxidation sites excluding steroid dienone is 1. The van der Waals surface area contributed by atoms with E-state index in [0.29, 0.717) is 17.9 Å². The number of thioether (sulfide) groups is 1. The van der Waals surface area contributed by atoms with E-state index in [0.717, 1.165) is 57.6 Å². The number of carbonyl (C=O) groups is 1. The standard InChI is InChI=1S/C27H29NO3.C15H15N5S/c1-20-8-10-22(11-9-20)19-31-25-15-12-21(13-16-25)6-4-5-7-23-18-24(27(29)30)14-17-26(23)28(2)3;1-11-5-7-12(8-6-11)10-21-15-17-18-19-20(15)14-4-2-3-13(16)9-14/h4,6,8-18H,5,7,19H2,1-3H3,(H,29,30);2-9H,10,16H2,1H3. The van der Waals surface area contributed by atoms with Crippen molar-refractivity contribution < 1.29 is 14.6 Å². The summed E-state index contributed by atoms with van der Waals surface area (Å²) < 4.78 is 7.56. The largest absolute Gasteiger partial charge is 0.489 e. The minimum atomic E-state index is -0.896. The predicted octanol–water partition coefficient (Wildman–Crippen LogP) is 8.83. The normalized spacial score (nSPS) is 10.8. The maximum absolute atomic E-state index is 11.3. The molecule has 6 rings (SSSR count). The Labute approximate surface area is 309 Å². The molecule has 10 heteroatoms. The van der Waals surface area contributed by atoms with E-state index in [1.165, 1.54) is 16.7 Å². The number of benzene rings is 5. The van der Waals surface area contributed by atoms with Gasteiger partial charge in [0.1, 0.15) is 12.4 Å². The van der Waals surface area contributed by atoms with E-state index in [4.69, 9.17) is 10.5 Å². The van der Waals surface area contributed by atoms with Gasteiger partial charge in [-0.2, -0.15) is 4.68 Å². The van der Waals surface area contributed by atoms with Gasteiger partial charge in [-0.05, 0) is 108 Å². The van der Waals surface area contributed by atoms with Crippen LogP contribution >= 0.6 is 11.8 Å². The summed E-state index contributed by atoms with van der Waals surface area (Å²) in [6.45, 7) is 4.71. The van der Waals surface area contributed by atoms with E-state index in [-0.39, 0.29) is 0 Å². The van der Waals surface area contributed by atoms with Crippen LogP contribution < -0.4 is 15.4 Å². The number of carboxylic acid groups (broad SMARTS) is 1. The molecule has 5 aromatic carbocycles. The zero-order chi connectivity index (χ0) is 36.9. The number of nitrogens with zero attached hydrogens (tertiary/aromatic N) is 5. The number of hydrogen-bond acceptors (Lipinski definition) is 8. The maximum Gasteiger partial charge on any atom is 0.335 e. The van der Waals surface area contributed by atoms with Crippen LogP contribution in [0.3, 0.4) is 0 Å². The monoisotopic (exact) mass is 712 g/mol. The van der Waals surface area contributed by atoms with Crippen LogP contribution in [0.15, 0.2) is 126 Å². The Kier molecular flexibility index (Phi) is 13.2. The lowest BCUT2D eigenvalue weighted by Crippen LogP contribution is -2.12. The highest BCUT2D eigenvalue weighted by Gasteiger charge is 2.11. The van der Waals surface area contributed by atoms with E-state index < -0.39 is 5.97 Å². The van der Waals surface area contributed by atoms with Crippen LogP contribution in [0.1, 0.15) is 50.2 Å². The number of ether oxygens (including phenoxy) is 1. The molecule has 3 N–H and O–H groups in total. The van der Waals surface area contributed by atoms with Crippen molar-refractivity contribution in [3.8, 4) is 11.4 Å². The van der Waals surface area contributed by atoms with Crippen LogP contribution in [0.2, 0.25) is 0 Å². The van der Waals surface area contributed by atoms with Crippen LogP contribution in [0.4, 0.5) is 11.4 Å². The third kappa shape index (κ3) is 11.1. The molecule has 9 nitrogen and oxygen atoms in total. The fraction of sp³-hybridized carbons (Fsp3) is 0.190. The molecule has 1 heterocycles. The van der Waals surface area contributed by atoms with Crippen LogP contribution in [0.5, 0.6) is 5.75 Å². The minimum Gasteiger partial charge on any atom is -0.489 e. The number of carboxylic acids is 1. The number of nitrogens with two attached hydrogens (primary N) is 1. The molecule has 0 saturated carbocycles. The number of anilines is 2. The first-order valence-electron chi connectivity index (χ1n) is 17.0. The summed E-state index contributed by atoms with van der Waals surface area (Å²) in [4.78, 5) is 13.3. The van der Waals surface area contributed by atoms with Gasteiger partial charge in [-0.3, -0.25) is 0 Å². The first-order valence-corrected chi connectivity index (χ1v) is 17.9. The van der Waals surface area contributed by atoms with Gasteiger partial charge < -0.3 is 20.5 Å². The van der Waals surface area contributed by atoms with Gasteiger partial charge in [0.2, 0.25) is 5.16 Å². The van der Waals surface area contributed by atoms with Gasteiger partial charge in [0.25, 0.3) is 0 Å². The first-order chi connectivity index (χ1) is 25.1. The highest BCUT2D eigenvalue weighted by Crippen LogP contribution is 2.24. The SMILES string of the molecule is Cc1ccc(COc2ccc(C=CCCc3cc(C(=O)O)ccc3N(C)C)cc2)cc1.Cc1ccc(CSc2nnnn2-c2cccc(N)c2)cc1. The summed E-state index contributed by atoms with van der Waals surface area (Å²) in [5.41, 5.74) is 15.8. The molecule has 0 aliphatic rings. The molecule has 0 aliphatic heterocycles. The van der Waals surface area contributed by atoms with Gasteiger partial charge in [-0.1, -0.05) is 102 Å². The van der Waals surface area contributed by atoms with Crippen LogP contribution in [0.25, 0.3) is 11.8 Å². The molecule has 0 fully saturated rings. The summed E-state index contributed by atoms with van der Waals surface area (Å²) in [6.07, 6.45) is 5.81. The number of rotatable bonds is 13. The molecule has 6 aromatic rings. The third-order valence-electron chi connectivity index (χ3n) is 8.15. The van der Waals surface area contributed by atoms with Gasteiger partial charge in [0, 0.05) is 31.2 Å². The molecule has 0 bridgehead atoms. The van der Waals surface area contributed by atoms with Crippen molar-refractivity contribution in [3.63, 3.8) is 0 Å². The number of aromatic nitrogens is 4. The van der Waals surface area contributed by atoms with Crippen LogP contribution in [-0.2, 0) is 18.8 Å². The maximum atomic E-state index is 11.3. The third-order valence-corrected chi connectivity index (χ3v) is 9.14. The molecule has 52 heavy (non-hydrogen) atoms. The summed E-state index contributed by atoms with van der Waals surface area (Å²) in [7, 11) is 3.94.